The second-order valence-electron chi connectivity index (χ2n) is 5.07. The number of pyridine rings is 1. The first-order valence-corrected chi connectivity index (χ1v) is 8.61. The number of hydrogen-bond acceptors (Lipinski definition) is 5. The molecule has 0 amide bonds. The van der Waals surface area contributed by atoms with Crippen molar-refractivity contribution in [3.8, 4) is 0 Å². The number of esters is 1. The van der Waals surface area contributed by atoms with Gasteiger partial charge in [0, 0.05) is 17.7 Å². The maximum atomic E-state index is 13.7. The Kier molecular flexibility index (Phi) is 4.37. The van der Waals surface area contributed by atoms with Crippen molar-refractivity contribution < 1.29 is 22.3 Å². The van der Waals surface area contributed by atoms with E-state index >= 15 is 0 Å². The number of nitrogens with zero attached hydrogens (tertiary/aromatic N) is 2. The molecule has 0 saturated carbocycles. The van der Waals surface area contributed by atoms with Gasteiger partial charge in [-0.05, 0) is 42.5 Å². The van der Waals surface area contributed by atoms with Crippen LogP contribution in [0.2, 0.25) is 0 Å². The smallest absolute Gasteiger partial charge is 0.330 e. The molecule has 0 aliphatic rings. The van der Waals surface area contributed by atoms with Gasteiger partial charge in [-0.15, -0.1) is 0 Å². The predicted molar refractivity (Wildman–Crippen MR) is 89.8 cm³/mol. The lowest BCUT2D eigenvalue weighted by Crippen LogP contribution is -2.15. The highest BCUT2D eigenvalue weighted by atomic mass is 32.2. The summed E-state index contributed by atoms with van der Waals surface area (Å²) in [6.07, 6.45) is 3.74. The van der Waals surface area contributed by atoms with E-state index in [1.165, 1.54) is 49.7 Å². The summed E-state index contributed by atoms with van der Waals surface area (Å²) in [5.74, 6) is -1.22. The summed E-state index contributed by atoms with van der Waals surface area (Å²) in [6, 6.07) is 9.81. The van der Waals surface area contributed by atoms with Gasteiger partial charge in [-0.25, -0.2) is 18.1 Å². The minimum atomic E-state index is -4.09. The molecule has 8 heteroatoms. The van der Waals surface area contributed by atoms with Gasteiger partial charge in [0.05, 0.1) is 18.3 Å². The summed E-state index contributed by atoms with van der Waals surface area (Å²) >= 11 is 0. The number of aromatic nitrogens is 2. The van der Waals surface area contributed by atoms with Crippen LogP contribution in [0.3, 0.4) is 0 Å². The highest BCUT2D eigenvalue weighted by molar-refractivity contribution is 7.90. The first-order chi connectivity index (χ1) is 11.9. The number of ether oxygens (including phenoxy) is 1. The predicted octanol–water partition coefficient (Wildman–Crippen LogP) is 2.60. The highest BCUT2D eigenvalue weighted by Crippen LogP contribution is 2.26. The molecule has 0 aliphatic carbocycles. The lowest BCUT2D eigenvalue weighted by atomic mass is 10.2. The van der Waals surface area contributed by atoms with Crippen molar-refractivity contribution in [3.05, 3.63) is 66.2 Å². The Morgan fingerprint density at radius 3 is 2.72 bits per heavy atom. The number of hydrogen-bond donors (Lipinski definition) is 0. The van der Waals surface area contributed by atoms with Crippen LogP contribution in [0, 0.1) is 5.82 Å². The lowest BCUT2D eigenvalue weighted by Gasteiger charge is -2.09. The number of halogens is 1. The SMILES string of the molecule is COC(=O)/C=C/c1cc2ccc(F)cc2n1S(=O)(=O)c1ccccn1. The molecule has 3 rings (SSSR count). The summed E-state index contributed by atoms with van der Waals surface area (Å²) in [6.45, 7) is 0. The molecule has 0 atom stereocenters. The van der Waals surface area contributed by atoms with Crippen molar-refractivity contribution in [2.75, 3.05) is 7.11 Å². The summed E-state index contributed by atoms with van der Waals surface area (Å²) < 4.78 is 45.1. The molecular formula is C17H13FN2O4S. The average Bonchev–Trinajstić information content (AvgIpc) is 2.98. The monoisotopic (exact) mass is 360 g/mol. The molecule has 3 aromatic rings. The van der Waals surface area contributed by atoms with Crippen LogP contribution < -0.4 is 0 Å². The molecule has 0 unspecified atom stereocenters. The fourth-order valence-electron chi connectivity index (χ4n) is 2.37. The van der Waals surface area contributed by atoms with E-state index in [1.807, 2.05) is 0 Å². The molecule has 128 valence electrons. The summed E-state index contributed by atoms with van der Waals surface area (Å²) in [7, 11) is -2.88. The topological polar surface area (TPSA) is 78.3 Å². The van der Waals surface area contributed by atoms with Crippen LogP contribution >= 0.6 is 0 Å². The summed E-state index contributed by atoms with van der Waals surface area (Å²) in [5.41, 5.74) is 0.326. The van der Waals surface area contributed by atoms with Crippen molar-refractivity contribution in [1.82, 2.24) is 8.96 Å². The lowest BCUT2D eigenvalue weighted by molar-refractivity contribution is -0.134. The van der Waals surface area contributed by atoms with E-state index in [0.29, 0.717) is 5.39 Å². The minimum absolute atomic E-state index is 0.148. The van der Waals surface area contributed by atoms with Crippen molar-refractivity contribution in [1.29, 1.82) is 0 Å². The van der Waals surface area contributed by atoms with E-state index in [0.717, 1.165) is 16.1 Å². The van der Waals surface area contributed by atoms with Crippen LogP contribution in [0.15, 0.2) is 59.8 Å². The minimum Gasteiger partial charge on any atom is -0.466 e. The Bertz CT molecular complexity index is 1070. The van der Waals surface area contributed by atoms with Crippen LogP contribution in [-0.4, -0.2) is 30.5 Å². The van der Waals surface area contributed by atoms with Crippen LogP contribution in [0.1, 0.15) is 5.69 Å². The maximum Gasteiger partial charge on any atom is 0.330 e. The van der Waals surface area contributed by atoms with Crippen molar-refractivity contribution in [2.45, 2.75) is 5.03 Å². The van der Waals surface area contributed by atoms with E-state index in [4.69, 9.17) is 0 Å². The van der Waals surface area contributed by atoms with Gasteiger partial charge in [-0.1, -0.05) is 6.07 Å². The van der Waals surface area contributed by atoms with Crippen molar-refractivity contribution in [2.24, 2.45) is 0 Å². The summed E-state index contributed by atoms with van der Waals surface area (Å²) in [5, 5.41) is 0.315. The second-order valence-corrected chi connectivity index (χ2v) is 6.80. The van der Waals surface area contributed by atoms with Gasteiger partial charge in [0.1, 0.15) is 5.82 Å². The number of rotatable bonds is 4. The van der Waals surface area contributed by atoms with E-state index in [-0.39, 0.29) is 16.2 Å². The Morgan fingerprint density at radius 2 is 2.04 bits per heavy atom. The van der Waals surface area contributed by atoms with Crippen molar-refractivity contribution in [3.63, 3.8) is 0 Å². The molecular weight excluding hydrogens is 347 g/mol. The second kappa shape index (κ2) is 6.48. The van der Waals surface area contributed by atoms with Crippen LogP contribution in [0.4, 0.5) is 4.39 Å². The zero-order chi connectivity index (χ0) is 18.0. The van der Waals surface area contributed by atoms with Crippen LogP contribution in [0.5, 0.6) is 0 Å². The first-order valence-electron chi connectivity index (χ1n) is 7.17. The normalized spacial score (nSPS) is 11.9. The fourth-order valence-corrected chi connectivity index (χ4v) is 3.81. The van der Waals surface area contributed by atoms with Crippen LogP contribution in [-0.2, 0) is 19.6 Å². The van der Waals surface area contributed by atoms with E-state index in [2.05, 4.69) is 9.72 Å². The zero-order valence-corrected chi connectivity index (χ0v) is 13.9. The molecule has 0 saturated heterocycles. The van der Waals surface area contributed by atoms with Gasteiger partial charge in [-0.2, -0.15) is 8.42 Å². The van der Waals surface area contributed by atoms with E-state index in [1.54, 1.807) is 6.07 Å². The molecule has 0 spiro atoms. The Morgan fingerprint density at radius 1 is 1.24 bits per heavy atom. The molecule has 0 N–H and O–H groups in total. The quantitative estimate of drug-likeness (QED) is 0.528. The average molecular weight is 360 g/mol. The number of carbonyl (C=O) groups is 1. The molecule has 6 nitrogen and oxygen atoms in total. The Labute approximate surface area is 143 Å². The van der Waals surface area contributed by atoms with Gasteiger partial charge < -0.3 is 4.74 Å². The van der Waals surface area contributed by atoms with Gasteiger partial charge in [-0.3, -0.25) is 0 Å². The third-order valence-corrected chi connectivity index (χ3v) is 5.14. The zero-order valence-electron chi connectivity index (χ0n) is 13.1. The van der Waals surface area contributed by atoms with Gasteiger partial charge in [0.25, 0.3) is 10.0 Å². The van der Waals surface area contributed by atoms with E-state index in [9.17, 15) is 17.6 Å². The van der Waals surface area contributed by atoms with Gasteiger partial charge in [0.2, 0.25) is 0 Å². The van der Waals surface area contributed by atoms with Gasteiger partial charge >= 0.3 is 5.97 Å². The Hall–Kier alpha value is -3.00. The molecule has 1 aromatic carbocycles. The number of carbonyl (C=O) groups excluding carboxylic acids is 1. The largest absolute Gasteiger partial charge is 0.466 e. The number of benzene rings is 1. The van der Waals surface area contributed by atoms with E-state index < -0.39 is 21.8 Å². The molecule has 0 bridgehead atoms. The third-order valence-electron chi connectivity index (χ3n) is 3.48. The van der Waals surface area contributed by atoms with Crippen molar-refractivity contribution >= 4 is 33.0 Å². The maximum absolute atomic E-state index is 13.7. The summed E-state index contributed by atoms with van der Waals surface area (Å²) in [4.78, 5) is 15.2. The van der Waals surface area contributed by atoms with Gasteiger partial charge in [0.15, 0.2) is 5.03 Å². The number of methoxy groups -OCH3 is 1. The highest BCUT2D eigenvalue weighted by Gasteiger charge is 2.23. The third kappa shape index (κ3) is 3.16. The standard InChI is InChI=1S/C17H13FN2O4S/c1-24-17(21)8-7-14-10-12-5-6-13(18)11-15(12)20(14)25(22,23)16-4-2-3-9-19-16/h2-11H,1H3/b8-7+. The Balaban J connectivity index is 2.29. The molecule has 0 aliphatic heterocycles. The fraction of sp³-hybridized carbons (Fsp3) is 0.0588. The first kappa shape index (κ1) is 16.8. The molecule has 0 fully saturated rings. The van der Waals surface area contributed by atoms with Crippen LogP contribution in [0.25, 0.3) is 17.0 Å². The molecule has 2 aromatic heterocycles. The molecule has 0 radical (unpaired) electrons. The molecule has 2 heterocycles. The number of fused-ring (bicyclic) bond motifs is 1. The molecule has 25 heavy (non-hydrogen) atoms.